The molecule has 0 atom stereocenters. The van der Waals surface area contributed by atoms with Crippen molar-refractivity contribution in [2.45, 2.75) is 78.2 Å². The molecule has 0 unspecified atom stereocenters. The van der Waals surface area contributed by atoms with Crippen molar-refractivity contribution in [1.29, 1.82) is 0 Å². The van der Waals surface area contributed by atoms with Gasteiger partial charge in [-0.15, -0.1) is 0 Å². The lowest BCUT2D eigenvalue weighted by atomic mass is 10.1. The molecule has 0 heterocycles. The first kappa shape index (κ1) is 21.0. The molecule has 3 nitrogen and oxygen atoms in total. The van der Waals surface area contributed by atoms with Crippen LogP contribution in [-0.4, -0.2) is 35.3 Å². The molecular weight excluding hydrogens is 287 g/mol. The van der Waals surface area contributed by atoms with Gasteiger partial charge >= 0.3 is 8.80 Å². The molecule has 128 valence electrons. The Bertz CT molecular complexity index is 201. The topological polar surface area (TPSA) is 27.7 Å². The molecule has 0 aromatic heterocycles. The number of hydrogen-bond donors (Lipinski definition) is 0. The van der Waals surface area contributed by atoms with Gasteiger partial charge in [-0.3, -0.25) is 4.39 Å². The van der Waals surface area contributed by atoms with Crippen LogP contribution in [0.3, 0.4) is 0 Å². The number of alkyl halides is 1. The summed E-state index contributed by atoms with van der Waals surface area (Å²) in [6.45, 7) is 7.78. The van der Waals surface area contributed by atoms with Crippen LogP contribution in [0.2, 0.25) is 6.04 Å². The van der Waals surface area contributed by atoms with Crippen LogP contribution >= 0.6 is 0 Å². The van der Waals surface area contributed by atoms with Gasteiger partial charge in [-0.1, -0.05) is 38.5 Å². The van der Waals surface area contributed by atoms with Crippen LogP contribution in [0.4, 0.5) is 4.39 Å². The lowest BCUT2D eigenvalue weighted by Gasteiger charge is -2.28. The van der Waals surface area contributed by atoms with Crippen LogP contribution < -0.4 is 0 Å². The maximum atomic E-state index is 11.9. The van der Waals surface area contributed by atoms with Crippen LogP contribution in [-0.2, 0) is 13.3 Å². The summed E-state index contributed by atoms with van der Waals surface area (Å²) < 4.78 is 29.5. The monoisotopic (exact) mass is 322 g/mol. The number of hydrogen-bond acceptors (Lipinski definition) is 3. The Morgan fingerprint density at radius 3 is 1.38 bits per heavy atom. The molecule has 0 radical (unpaired) electrons. The van der Waals surface area contributed by atoms with Crippen molar-refractivity contribution >= 4 is 8.80 Å². The Labute approximate surface area is 131 Å². The molecule has 0 spiro atoms. The van der Waals surface area contributed by atoms with E-state index in [1.165, 1.54) is 32.1 Å². The summed E-state index contributed by atoms with van der Waals surface area (Å²) in [5.74, 6) is 0. The predicted octanol–water partition coefficient (Wildman–Crippen LogP) is 5.13. The average Bonchev–Trinajstić information content (AvgIpc) is 2.46. The van der Waals surface area contributed by atoms with Crippen LogP contribution in [0.5, 0.6) is 0 Å². The zero-order valence-corrected chi connectivity index (χ0v) is 15.3. The third-order valence-electron chi connectivity index (χ3n) is 3.46. The third kappa shape index (κ3) is 11.3. The Kier molecular flexibility index (Phi) is 15.0. The molecule has 0 N–H and O–H groups in total. The van der Waals surface area contributed by atoms with Crippen molar-refractivity contribution in [1.82, 2.24) is 0 Å². The van der Waals surface area contributed by atoms with Gasteiger partial charge in [-0.2, -0.15) is 0 Å². The van der Waals surface area contributed by atoms with E-state index in [4.69, 9.17) is 13.3 Å². The van der Waals surface area contributed by atoms with Crippen LogP contribution in [0.15, 0.2) is 0 Å². The molecule has 0 aromatic carbocycles. The molecule has 0 saturated heterocycles. The summed E-state index contributed by atoms with van der Waals surface area (Å²) in [7, 11) is -2.42. The minimum Gasteiger partial charge on any atom is -0.374 e. The van der Waals surface area contributed by atoms with Gasteiger partial charge in [0, 0.05) is 25.9 Å². The quantitative estimate of drug-likeness (QED) is 0.291. The second-order valence-electron chi connectivity index (χ2n) is 5.25. The van der Waals surface area contributed by atoms with Gasteiger partial charge < -0.3 is 13.3 Å². The van der Waals surface area contributed by atoms with Crippen LogP contribution in [0, 0.1) is 0 Å². The van der Waals surface area contributed by atoms with E-state index in [2.05, 4.69) is 0 Å². The summed E-state index contributed by atoms with van der Waals surface area (Å²) in [6, 6.07) is 0.921. The second kappa shape index (κ2) is 14.9. The van der Waals surface area contributed by atoms with Gasteiger partial charge in [0.25, 0.3) is 0 Å². The molecule has 5 heteroatoms. The Morgan fingerprint density at radius 2 is 1.00 bits per heavy atom. The van der Waals surface area contributed by atoms with E-state index in [-0.39, 0.29) is 6.67 Å². The van der Waals surface area contributed by atoms with Gasteiger partial charge in [0.05, 0.1) is 6.67 Å². The molecular formula is C16H35FO3Si. The standard InChI is InChI=1S/C16H35FO3Si/c1-4-18-21(19-5-2,20-6-3)16-14-12-10-8-7-9-11-13-15-17/h4-16H2,1-3H3. The highest BCUT2D eigenvalue weighted by atomic mass is 28.4. The van der Waals surface area contributed by atoms with Gasteiger partial charge in [0.1, 0.15) is 0 Å². The zero-order valence-electron chi connectivity index (χ0n) is 14.3. The van der Waals surface area contributed by atoms with E-state index in [0.717, 1.165) is 25.3 Å². The highest BCUT2D eigenvalue weighted by Gasteiger charge is 2.39. The fourth-order valence-corrected chi connectivity index (χ4v) is 5.18. The molecule has 0 amide bonds. The lowest BCUT2D eigenvalue weighted by molar-refractivity contribution is 0.0706. The molecule has 0 aromatic rings. The van der Waals surface area contributed by atoms with Crippen LogP contribution in [0.25, 0.3) is 0 Å². The first-order chi connectivity index (χ1) is 10.2. The predicted molar refractivity (Wildman–Crippen MR) is 88.4 cm³/mol. The number of halogens is 1. The Balaban J connectivity index is 3.76. The summed E-state index contributed by atoms with van der Waals surface area (Å²) in [5, 5.41) is 0. The second-order valence-corrected chi connectivity index (χ2v) is 7.98. The van der Waals surface area contributed by atoms with Crippen LogP contribution in [0.1, 0.15) is 72.1 Å². The first-order valence-corrected chi connectivity index (χ1v) is 10.7. The van der Waals surface area contributed by atoms with Crippen molar-refractivity contribution in [3.8, 4) is 0 Å². The Hall–Kier alpha value is 0.0269. The van der Waals surface area contributed by atoms with E-state index in [0.29, 0.717) is 19.8 Å². The van der Waals surface area contributed by atoms with Crippen molar-refractivity contribution in [3.05, 3.63) is 0 Å². The molecule has 0 aliphatic rings. The van der Waals surface area contributed by atoms with E-state index in [1.807, 2.05) is 20.8 Å². The summed E-state index contributed by atoms with van der Waals surface area (Å²) in [4.78, 5) is 0. The van der Waals surface area contributed by atoms with Crippen molar-refractivity contribution in [3.63, 3.8) is 0 Å². The molecule has 0 aliphatic carbocycles. The molecule has 0 bridgehead atoms. The largest absolute Gasteiger partial charge is 0.500 e. The van der Waals surface area contributed by atoms with Gasteiger partial charge in [0.2, 0.25) is 0 Å². The summed E-state index contributed by atoms with van der Waals surface area (Å²) in [6.07, 6.45) is 8.95. The SMILES string of the molecule is CCO[Si](CCCCCCCCCCF)(OCC)OCC. The van der Waals surface area contributed by atoms with Crippen molar-refractivity contribution in [2.24, 2.45) is 0 Å². The van der Waals surface area contributed by atoms with E-state index in [1.54, 1.807) is 0 Å². The Morgan fingerprint density at radius 1 is 0.619 bits per heavy atom. The van der Waals surface area contributed by atoms with E-state index < -0.39 is 8.80 Å². The highest BCUT2D eigenvalue weighted by Crippen LogP contribution is 2.20. The van der Waals surface area contributed by atoms with Gasteiger partial charge in [-0.05, 0) is 33.6 Å². The van der Waals surface area contributed by atoms with Gasteiger partial charge in [0.15, 0.2) is 0 Å². The highest BCUT2D eigenvalue weighted by molar-refractivity contribution is 6.60. The fourth-order valence-electron chi connectivity index (χ4n) is 2.50. The fraction of sp³-hybridized carbons (Fsp3) is 1.00. The maximum Gasteiger partial charge on any atom is 0.500 e. The van der Waals surface area contributed by atoms with Crippen molar-refractivity contribution in [2.75, 3.05) is 26.5 Å². The van der Waals surface area contributed by atoms with E-state index in [9.17, 15) is 4.39 Å². The van der Waals surface area contributed by atoms with E-state index >= 15 is 0 Å². The normalized spacial score (nSPS) is 12.0. The van der Waals surface area contributed by atoms with Gasteiger partial charge in [-0.25, -0.2) is 0 Å². The van der Waals surface area contributed by atoms with Crippen molar-refractivity contribution < 1.29 is 17.7 Å². The average molecular weight is 323 g/mol. The molecule has 0 rings (SSSR count). The summed E-state index contributed by atoms with van der Waals surface area (Å²) in [5.41, 5.74) is 0. The zero-order chi connectivity index (χ0) is 15.8. The lowest BCUT2D eigenvalue weighted by Crippen LogP contribution is -2.45. The minimum atomic E-state index is -2.42. The minimum absolute atomic E-state index is 0.168. The number of unbranched alkanes of at least 4 members (excludes halogenated alkanes) is 7. The number of rotatable bonds is 16. The summed E-state index contributed by atoms with van der Waals surface area (Å²) >= 11 is 0. The first-order valence-electron chi connectivity index (χ1n) is 8.72. The molecule has 0 aliphatic heterocycles. The third-order valence-corrected chi connectivity index (χ3v) is 6.61. The molecule has 0 fully saturated rings. The maximum absolute atomic E-state index is 11.9. The molecule has 21 heavy (non-hydrogen) atoms. The molecule has 0 saturated carbocycles. The smallest absolute Gasteiger partial charge is 0.374 e.